The second-order valence-corrected chi connectivity index (χ2v) is 6.75. The van der Waals surface area contributed by atoms with E-state index in [4.69, 9.17) is 9.84 Å². The molecule has 0 heterocycles. The van der Waals surface area contributed by atoms with Crippen LogP contribution in [0.5, 0.6) is 5.75 Å². The van der Waals surface area contributed by atoms with Crippen molar-refractivity contribution in [1.29, 1.82) is 0 Å². The van der Waals surface area contributed by atoms with Crippen molar-refractivity contribution in [3.8, 4) is 5.75 Å². The van der Waals surface area contributed by atoms with Gasteiger partial charge in [-0.05, 0) is 56.1 Å². The van der Waals surface area contributed by atoms with Crippen LogP contribution in [0.4, 0.5) is 8.78 Å². The molecule has 0 spiro atoms. The van der Waals surface area contributed by atoms with E-state index in [1.54, 1.807) is 6.07 Å². The van der Waals surface area contributed by atoms with Crippen LogP contribution in [0.25, 0.3) is 0 Å². The predicted molar refractivity (Wildman–Crippen MR) is 87.8 cm³/mol. The van der Waals surface area contributed by atoms with Crippen LogP contribution in [0.3, 0.4) is 0 Å². The van der Waals surface area contributed by atoms with Crippen LogP contribution in [0.1, 0.15) is 20.7 Å². The molecule has 0 aliphatic carbocycles. The molecule has 0 aliphatic heterocycles. The number of hydrogen-bond acceptors (Lipinski definition) is 3. The fraction of sp³-hybridized carbons (Fsp3) is 0. The molecule has 0 aliphatic rings. The Morgan fingerprint density at radius 1 is 1.00 bits per heavy atom. The van der Waals surface area contributed by atoms with E-state index in [9.17, 15) is 18.4 Å². The van der Waals surface area contributed by atoms with Gasteiger partial charge in [0.05, 0.1) is 11.1 Å². The Bertz CT molecular complexity index is 824. The number of hydrogen-bond donors (Lipinski definition) is 1. The average Bonchev–Trinajstić information content (AvgIpc) is 2.47. The number of esters is 1. The smallest absolute Gasteiger partial charge is 0.344 e. The van der Waals surface area contributed by atoms with Crippen LogP contribution in [0, 0.1) is 11.6 Å². The van der Waals surface area contributed by atoms with Gasteiger partial charge in [-0.25, -0.2) is 14.0 Å². The molecule has 0 saturated carbocycles. The summed E-state index contributed by atoms with van der Waals surface area (Å²) in [7, 11) is 0. The molecule has 9 heteroatoms. The van der Waals surface area contributed by atoms with Gasteiger partial charge in [0.1, 0.15) is 0 Å². The Labute approximate surface area is 153 Å². The van der Waals surface area contributed by atoms with Crippen molar-refractivity contribution < 1.29 is 28.2 Å². The molecule has 0 unspecified atom stereocenters. The van der Waals surface area contributed by atoms with E-state index in [2.05, 4.69) is 47.8 Å². The van der Waals surface area contributed by atoms with E-state index in [1.807, 2.05) is 0 Å². The summed E-state index contributed by atoms with van der Waals surface area (Å²) in [6, 6.07) is 4.79. The van der Waals surface area contributed by atoms with Gasteiger partial charge in [0.15, 0.2) is 11.6 Å². The molecule has 0 radical (unpaired) electrons. The molecule has 2 aromatic carbocycles. The first-order valence-electron chi connectivity index (χ1n) is 5.80. The fourth-order valence-corrected chi connectivity index (χ4v) is 3.25. The number of rotatable bonds is 3. The fourth-order valence-electron chi connectivity index (χ4n) is 1.64. The summed E-state index contributed by atoms with van der Waals surface area (Å²) < 4.78 is 33.7. The minimum Gasteiger partial charge on any atom is -0.478 e. The van der Waals surface area contributed by atoms with Crippen LogP contribution in [-0.2, 0) is 0 Å². The highest BCUT2D eigenvalue weighted by molar-refractivity contribution is 9.13. The summed E-state index contributed by atoms with van der Waals surface area (Å²) in [5, 5.41) is 8.71. The van der Waals surface area contributed by atoms with E-state index in [0.29, 0.717) is 13.4 Å². The molecule has 0 amide bonds. The van der Waals surface area contributed by atoms with E-state index < -0.39 is 34.9 Å². The monoisotopic (exact) mass is 512 g/mol. The second-order valence-electron chi connectivity index (χ2n) is 4.18. The van der Waals surface area contributed by atoms with Crippen LogP contribution >= 0.6 is 47.8 Å². The number of carboxylic acid groups (broad SMARTS) is 1. The highest BCUT2D eigenvalue weighted by Gasteiger charge is 2.22. The third-order valence-electron chi connectivity index (χ3n) is 2.69. The second kappa shape index (κ2) is 7.06. The van der Waals surface area contributed by atoms with Crippen molar-refractivity contribution in [2.75, 3.05) is 0 Å². The van der Waals surface area contributed by atoms with Crippen LogP contribution in [0.2, 0.25) is 0 Å². The Kier molecular flexibility index (Phi) is 5.53. The third kappa shape index (κ3) is 3.78. The lowest BCUT2D eigenvalue weighted by Crippen LogP contribution is -2.12. The summed E-state index contributed by atoms with van der Waals surface area (Å²) in [5.74, 6) is -6.43. The zero-order chi connectivity index (χ0) is 17.3. The van der Waals surface area contributed by atoms with Crippen LogP contribution in [0.15, 0.2) is 37.7 Å². The van der Waals surface area contributed by atoms with Gasteiger partial charge < -0.3 is 9.84 Å². The van der Waals surface area contributed by atoms with E-state index in [-0.39, 0.29) is 5.56 Å². The Morgan fingerprint density at radius 3 is 2.26 bits per heavy atom. The summed E-state index contributed by atoms with van der Waals surface area (Å²) >= 11 is 9.59. The van der Waals surface area contributed by atoms with E-state index >= 15 is 0 Å². The lowest BCUT2D eigenvalue weighted by Gasteiger charge is -2.09. The molecule has 4 nitrogen and oxygen atoms in total. The summed E-state index contributed by atoms with van der Waals surface area (Å²) in [6.07, 6.45) is 0. The Balaban J connectivity index is 2.39. The van der Waals surface area contributed by atoms with Gasteiger partial charge in [0, 0.05) is 13.4 Å². The molecule has 120 valence electrons. The standard InChI is InChI=1S/C14H5Br3F2O4/c15-5-3-7(10(17)8(16)4-5)14(22)23-9-2-1-6(13(20)21)11(18)12(9)19/h1-4H,(H,20,21). The van der Waals surface area contributed by atoms with Crippen molar-refractivity contribution in [2.45, 2.75) is 0 Å². The van der Waals surface area contributed by atoms with Crippen LogP contribution in [-0.4, -0.2) is 17.0 Å². The molecule has 0 fully saturated rings. The minimum atomic E-state index is -1.63. The first-order chi connectivity index (χ1) is 10.7. The number of halogens is 5. The molecule has 1 N–H and O–H groups in total. The largest absolute Gasteiger partial charge is 0.478 e. The summed E-state index contributed by atoms with van der Waals surface area (Å²) in [6.45, 7) is 0. The molecule has 0 aromatic heterocycles. The lowest BCUT2D eigenvalue weighted by atomic mass is 10.2. The van der Waals surface area contributed by atoms with Gasteiger partial charge in [-0.3, -0.25) is 0 Å². The normalized spacial score (nSPS) is 10.5. The van der Waals surface area contributed by atoms with Crippen LogP contribution < -0.4 is 4.74 Å². The lowest BCUT2D eigenvalue weighted by molar-refractivity contribution is 0.0690. The molecule has 0 atom stereocenters. The zero-order valence-electron chi connectivity index (χ0n) is 10.9. The number of carbonyl (C=O) groups is 2. The Hall–Kier alpha value is -1.32. The first-order valence-corrected chi connectivity index (χ1v) is 8.18. The molecule has 23 heavy (non-hydrogen) atoms. The highest BCUT2D eigenvalue weighted by Crippen LogP contribution is 2.32. The maximum Gasteiger partial charge on any atom is 0.344 e. The number of carbonyl (C=O) groups excluding carboxylic acids is 1. The third-order valence-corrected chi connectivity index (χ3v) is 5.16. The SMILES string of the molecule is O=C(O)c1ccc(OC(=O)c2cc(Br)cc(Br)c2Br)c(F)c1F. The molecular weight excluding hydrogens is 510 g/mol. The van der Waals surface area contributed by atoms with Gasteiger partial charge in [-0.2, -0.15) is 4.39 Å². The quantitative estimate of drug-likeness (QED) is 0.349. The van der Waals surface area contributed by atoms with Gasteiger partial charge in [0.25, 0.3) is 0 Å². The molecular formula is C14H5Br3F2O4. The van der Waals surface area contributed by atoms with Gasteiger partial charge in [-0.1, -0.05) is 15.9 Å². The topological polar surface area (TPSA) is 63.6 Å². The van der Waals surface area contributed by atoms with Gasteiger partial charge in [0.2, 0.25) is 5.82 Å². The van der Waals surface area contributed by atoms with Gasteiger partial charge >= 0.3 is 11.9 Å². The zero-order valence-corrected chi connectivity index (χ0v) is 15.6. The number of aromatic carboxylic acids is 1. The highest BCUT2D eigenvalue weighted by atomic mass is 79.9. The molecule has 2 rings (SSSR count). The Morgan fingerprint density at radius 2 is 1.65 bits per heavy atom. The number of carboxylic acids is 1. The van der Waals surface area contributed by atoms with Crippen molar-refractivity contribution in [2.24, 2.45) is 0 Å². The van der Waals surface area contributed by atoms with Gasteiger partial charge in [-0.15, -0.1) is 0 Å². The maximum absolute atomic E-state index is 13.8. The summed E-state index contributed by atoms with van der Waals surface area (Å²) in [4.78, 5) is 22.8. The van der Waals surface area contributed by atoms with Crippen molar-refractivity contribution >= 4 is 59.7 Å². The van der Waals surface area contributed by atoms with E-state index in [1.165, 1.54) is 6.07 Å². The van der Waals surface area contributed by atoms with Crippen molar-refractivity contribution in [3.63, 3.8) is 0 Å². The molecule has 0 saturated heterocycles. The van der Waals surface area contributed by atoms with Crippen molar-refractivity contribution in [3.05, 3.63) is 60.4 Å². The van der Waals surface area contributed by atoms with Crippen molar-refractivity contribution in [1.82, 2.24) is 0 Å². The predicted octanol–water partition coefficient (Wildman–Crippen LogP) is 5.17. The maximum atomic E-state index is 13.8. The number of ether oxygens (including phenoxy) is 1. The average molecular weight is 515 g/mol. The molecule has 0 bridgehead atoms. The summed E-state index contributed by atoms with van der Waals surface area (Å²) in [5.41, 5.74) is -0.790. The number of benzene rings is 2. The minimum absolute atomic E-state index is 0.0633. The molecule has 2 aromatic rings. The first kappa shape index (κ1) is 18.0. The van der Waals surface area contributed by atoms with E-state index in [0.717, 1.165) is 12.1 Å².